The van der Waals surface area contributed by atoms with E-state index in [0.29, 0.717) is 23.5 Å². The molecule has 5 heteroatoms. The molecule has 0 spiro atoms. The second-order valence-electron chi connectivity index (χ2n) is 5.76. The number of hydrogen-bond acceptors (Lipinski definition) is 4. The quantitative estimate of drug-likeness (QED) is 0.420. The lowest BCUT2D eigenvalue weighted by molar-refractivity contribution is -0.134. The van der Waals surface area contributed by atoms with Crippen molar-refractivity contribution in [2.45, 2.75) is 19.8 Å². The summed E-state index contributed by atoms with van der Waals surface area (Å²) in [5.74, 6) is 0.263. The van der Waals surface area contributed by atoms with Crippen LogP contribution in [-0.4, -0.2) is 23.8 Å². The highest BCUT2D eigenvalue weighted by Crippen LogP contribution is 2.29. The maximum atomic E-state index is 12.2. The number of carbonyl (C=O) groups excluding carboxylic acids is 2. The second-order valence-corrected chi connectivity index (χ2v) is 5.76. The Morgan fingerprint density at radius 2 is 1.88 bits per heavy atom. The van der Waals surface area contributed by atoms with E-state index in [2.05, 4.69) is 4.98 Å². The number of para-hydroxylation sites is 1. The highest BCUT2D eigenvalue weighted by Gasteiger charge is 2.13. The van der Waals surface area contributed by atoms with Crippen LogP contribution in [0.5, 0.6) is 11.5 Å². The molecular weight excluding hydrogens is 318 g/mol. The van der Waals surface area contributed by atoms with E-state index in [4.69, 9.17) is 9.47 Å². The van der Waals surface area contributed by atoms with Crippen molar-refractivity contribution in [2.24, 2.45) is 0 Å². The van der Waals surface area contributed by atoms with E-state index in [9.17, 15) is 9.59 Å². The molecule has 0 radical (unpaired) electrons. The maximum absolute atomic E-state index is 12.2. The lowest BCUT2D eigenvalue weighted by atomic mass is 10.1. The first-order valence-electron chi connectivity index (χ1n) is 8.03. The number of Topliss-reactive ketones (excluding diaryl/α,β-unsaturated/α-hetero) is 1. The summed E-state index contributed by atoms with van der Waals surface area (Å²) in [5, 5.41) is 1.11. The number of aromatic amines is 1. The largest absolute Gasteiger partial charge is 0.493 e. The molecule has 0 atom stereocenters. The van der Waals surface area contributed by atoms with E-state index in [1.807, 2.05) is 30.5 Å². The van der Waals surface area contributed by atoms with Crippen molar-refractivity contribution in [3.8, 4) is 11.5 Å². The SMILES string of the molecule is COc1cc(C(C)=O)ccc1OC(=O)CCc1c[nH]c2ccccc12. The maximum Gasteiger partial charge on any atom is 0.311 e. The predicted molar refractivity (Wildman–Crippen MR) is 95.3 cm³/mol. The van der Waals surface area contributed by atoms with Crippen molar-refractivity contribution in [1.29, 1.82) is 0 Å². The van der Waals surface area contributed by atoms with Crippen molar-refractivity contribution in [3.05, 3.63) is 59.8 Å². The van der Waals surface area contributed by atoms with Crippen molar-refractivity contribution in [3.63, 3.8) is 0 Å². The molecule has 5 nitrogen and oxygen atoms in total. The van der Waals surface area contributed by atoms with Gasteiger partial charge in [-0.25, -0.2) is 0 Å². The van der Waals surface area contributed by atoms with Crippen LogP contribution in [0.4, 0.5) is 0 Å². The van der Waals surface area contributed by atoms with E-state index in [1.54, 1.807) is 18.2 Å². The molecule has 0 saturated heterocycles. The number of aromatic nitrogens is 1. The van der Waals surface area contributed by atoms with Crippen LogP contribution >= 0.6 is 0 Å². The lowest BCUT2D eigenvalue weighted by Crippen LogP contribution is -2.10. The fourth-order valence-corrected chi connectivity index (χ4v) is 2.72. The molecule has 0 aliphatic carbocycles. The number of aryl methyl sites for hydroxylation is 1. The molecule has 1 aromatic heterocycles. The summed E-state index contributed by atoms with van der Waals surface area (Å²) in [7, 11) is 1.47. The van der Waals surface area contributed by atoms with E-state index in [1.165, 1.54) is 14.0 Å². The zero-order valence-electron chi connectivity index (χ0n) is 14.2. The Bertz CT molecular complexity index is 926. The average Bonchev–Trinajstić information content (AvgIpc) is 3.03. The molecule has 0 aliphatic heterocycles. The minimum Gasteiger partial charge on any atom is -0.493 e. The number of nitrogens with one attached hydrogen (secondary N) is 1. The Labute approximate surface area is 145 Å². The zero-order chi connectivity index (χ0) is 17.8. The van der Waals surface area contributed by atoms with Crippen molar-refractivity contribution in [1.82, 2.24) is 4.98 Å². The summed E-state index contributed by atoms with van der Waals surface area (Å²) in [6.45, 7) is 1.47. The Hall–Kier alpha value is -3.08. The summed E-state index contributed by atoms with van der Waals surface area (Å²) in [4.78, 5) is 26.8. The number of rotatable bonds is 6. The van der Waals surface area contributed by atoms with Gasteiger partial charge in [0.25, 0.3) is 0 Å². The number of H-pyrrole nitrogens is 1. The van der Waals surface area contributed by atoms with Gasteiger partial charge in [0.2, 0.25) is 0 Å². The van der Waals surface area contributed by atoms with Crippen LogP contribution in [0.25, 0.3) is 10.9 Å². The first kappa shape index (κ1) is 16.8. The first-order chi connectivity index (χ1) is 12.1. The molecule has 0 amide bonds. The van der Waals surface area contributed by atoms with Gasteiger partial charge in [0.05, 0.1) is 13.5 Å². The molecule has 25 heavy (non-hydrogen) atoms. The third kappa shape index (κ3) is 3.71. The first-order valence-corrected chi connectivity index (χ1v) is 8.03. The Morgan fingerprint density at radius 3 is 2.64 bits per heavy atom. The molecule has 0 aliphatic rings. The number of methoxy groups -OCH3 is 1. The van der Waals surface area contributed by atoms with E-state index in [0.717, 1.165) is 16.5 Å². The molecule has 128 valence electrons. The van der Waals surface area contributed by atoms with Gasteiger partial charge >= 0.3 is 5.97 Å². The van der Waals surface area contributed by atoms with Gasteiger partial charge in [0.1, 0.15) is 0 Å². The smallest absolute Gasteiger partial charge is 0.311 e. The highest BCUT2D eigenvalue weighted by atomic mass is 16.6. The highest BCUT2D eigenvalue weighted by molar-refractivity contribution is 5.94. The third-order valence-corrected chi connectivity index (χ3v) is 4.07. The van der Waals surface area contributed by atoms with E-state index >= 15 is 0 Å². The Kier molecular flexibility index (Phi) is 4.84. The normalized spacial score (nSPS) is 10.6. The van der Waals surface area contributed by atoms with Gasteiger partial charge in [-0.3, -0.25) is 9.59 Å². The van der Waals surface area contributed by atoms with Crippen molar-refractivity contribution >= 4 is 22.7 Å². The van der Waals surface area contributed by atoms with E-state index < -0.39 is 0 Å². The summed E-state index contributed by atoms with van der Waals surface area (Å²) in [6, 6.07) is 12.7. The van der Waals surface area contributed by atoms with Crippen LogP contribution in [0.2, 0.25) is 0 Å². The molecule has 2 aromatic carbocycles. The average molecular weight is 337 g/mol. The van der Waals surface area contributed by atoms with Crippen molar-refractivity contribution < 1.29 is 19.1 Å². The van der Waals surface area contributed by atoms with Crippen LogP contribution in [0.15, 0.2) is 48.7 Å². The van der Waals surface area contributed by atoms with Gasteiger partial charge in [0, 0.05) is 22.7 Å². The number of benzene rings is 2. The Morgan fingerprint density at radius 1 is 1.08 bits per heavy atom. The molecule has 3 rings (SSSR count). The fraction of sp³-hybridized carbons (Fsp3) is 0.200. The van der Waals surface area contributed by atoms with Crippen molar-refractivity contribution in [2.75, 3.05) is 7.11 Å². The summed E-state index contributed by atoms with van der Waals surface area (Å²) < 4.78 is 10.6. The monoisotopic (exact) mass is 337 g/mol. The number of hydrogen-bond donors (Lipinski definition) is 1. The molecule has 1 heterocycles. The zero-order valence-corrected chi connectivity index (χ0v) is 14.2. The van der Waals surface area contributed by atoms with Gasteiger partial charge in [-0.1, -0.05) is 18.2 Å². The van der Waals surface area contributed by atoms with Crippen LogP contribution in [0.3, 0.4) is 0 Å². The topological polar surface area (TPSA) is 68.4 Å². The number of carbonyl (C=O) groups is 2. The minimum absolute atomic E-state index is 0.0736. The van der Waals surface area contributed by atoms with Crippen LogP contribution in [0, 0.1) is 0 Å². The Balaban J connectivity index is 1.67. The van der Waals surface area contributed by atoms with Gasteiger partial charge in [-0.05, 0) is 43.2 Å². The molecule has 0 bridgehead atoms. The number of ketones is 1. The second kappa shape index (κ2) is 7.21. The van der Waals surface area contributed by atoms with Gasteiger partial charge in [-0.15, -0.1) is 0 Å². The molecule has 3 aromatic rings. The predicted octanol–water partition coefficient (Wildman–Crippen LogP) is 3.92. The van der Waals surface area contributed by atoms with Crippen LogP contribution in [0.1, 0.15) is 29.3 Å². The van der Waals surface area contributed by atoms with Crippen LogP contribution < -0.4 is 9.47 Å². The molecule has 0 fully saturated rings. The summed E-state index contributed by atoms with van der Waals surface area (Å²) in [5.41, 5.74) is 2.63. The molecule has 1 N–H and O–H groups in total. The fourth-order valence-electron chi connectivity index (χ4n) is 2.72. The number of ether oxygens (including phenoxy) is 2. The van der Waals surface area contributed by atoms with Gasteiger partial charge in [-0.2, -0.15) is 0 Å². The van der Waals surface area contributed by atoms with E-state index in [-0.39, 0.29) is 18.2 Å². The summed E-state index contributed by atoms with van der Waals surface area (Å²) >= 11 is 0. The lowest BCUT2D eigenvalue weighted by Gasteiger charge is -2.10. The number of fused-ring (bicyclic) bond motifs is 1. The summed E-state index contributed by atoms with van der Waals surface area (Å²) in [6.07, 6.45) is 2.75. The minimum atomic E-state index is -0.348. The molecular formula is C20H19NO4. The van der Waals surface area contributed by atoms with Gasteiger partial charge in [0.15, 0.2) is 17.3 Å². The van der Waals surface area contributed by atoms with Gasteiger partial charge < -0.3 is 14.5 Å². The molecule has 0 unspecified atom stereocenters. The molecule has 0 saturated carbocycles. The third-order valence-electron chi connectivity index (χ3n) is 4.07. The standard InChI is InChI=1S/C20H19NO4/c1-13(22)14-7-9-18(19(11-14)24-2)25-20(23)10-8-15-12-21-17-6-4-3-5-16(15)17/h3-7,9,11-12,21H,8,10H2,1-2H3. The van der Waals surface area contributed by atoms with Crippen LogP contribution in [-0.2, 0) is 11.2 Å². The number of esters is 1.